The van der Waals surface area contributed by atoms with E-state index in [1.165, 1.54) is 6.92 Å². The normalized spacial score (nSPS) is 10.2. The van der Waals surface area contributed by atoms with Crippen molar-refractivity contribution >= 4 is 0 Å². The topological polar surface area (TPSA) is 71.8 Å². The fourth-order valence-corrected chi connectivity index (χ4v) is 0.885. The highest BCUT2D eigenvalue weighted by Crippen LogP contribution is 1.95. The average molecular weight is 171 g/mol. The minimum absolute atomic E-state index is 0.113. The Balaban J connectivity index is 3.13. The predicted octanol–water partition coefficient (Wildman–Crippen LogP) is -0.281. The van der Waals surface area contributed by atoms with E-state index in [-0.39, 0.29) is 5.69 Å². The number of nitrogens with zero attached hydrogens (tertiary/aromatic N) is 1. The number of nitrogens with one attached hydrogen (secondary N) is 1. The lowest BCUT2D eigenvalue weighted by Gasteiger charge is -1.99. The number of halogens is 1. The second kappa shape index (κ2) is 3.44. The third-order valence-electron chi connectivity index (χ3n) is 1.46. The SMILES string of the molecule is Cc1nc(CCN)[nH]c(=O)c1F. The van der Waals surface area contributed by atoms with Gasteiger partial charge < -0.3 is 10.7 Å². The zero-order valence-corrected chi connectivity index (χ0v) is 6.72. The number of nitrogens with two attached hydrogens (primary N) is 1. The van der Waals surface area contributed by atoms with Gasteiger partial charge >= 0.3 is 0 Å². The van der Waals surface area contributed by atoms with E-state index in [1.54, 1.807) is 0 Å². The van der Waals surface area contributed by atoms with Crippen LogP contribution in [0.2, 0.25) is 0 Å². The molecule has 3 N–H and O–H groups in total. The van der Waals surface area contributed by atoms with Gasteiger partial charge in [0.15, 0.2) is 0 Å². The summed E-state index contributed by atoms with van der Waals surface area (Å²) in [5.41, 5.74) is 4.63. The number of aryl methyl sites for hydroxylation is 1. The van der Waals surface area contributed by atoms with Crippen LogP contribution in [0.5, 0.6) is 0 Å². The number of hydrogen-bond donors (Lipinski definition) is 2. The summed E-state index contributed by atoms with van der Waals surface area (Å²) in [6, 6.07) is 0. The molecule has 0 atom stereocenters. The third kappa shape index (κ3) is 1.68. The second-order valence-electron chi connectivity index (χ2n) is 2.45. The molecule has 0 aliphatic heterocycles. The minimum atomic E-state index is -0.823. The molecule has 0 spiro atoms. The zero-order valence-electron chi connectivity index (χ0n) is 6.72. The van der Waals surface area contributed by atoms with Crippen LogP contribution >= 0.6 is 0 Å². The zero-order chi connectivity index (χ0) is 9.14. The van der Waals surface area contributed by atoms with Crippen molar-refractivity contribution in [1.29, 1.82) is 0 Å². The smallest absolute Gasteiger partial charge is 0.287 e. The largest absolute Gasteiger partial charge is 0.330 e. The van der Waals surface area contributed by atoms with Crippen molar-refractivity contribution < 1.29 is 4.39 Å². The van der Waals surface area contributed by atoms with Crippen molar-refractivity contribution in [3.05, 3.63) is 27.7 Å². The Morgan fingerprint density at radius 3 is 2.83 bits per heavy atom. The second-order valence-corrected chi connectivity index (χ2v) is 2.45. The lowest BCUT2D eigenvalue weighted by atomic mass is 10.3. The molecule has 0 amide bonds. The summed E-state index contributed by atoms with van der Waals surface area (Å²) in [6.45, 7) is 1.83. The Hall–Kier alpha value is -1.23. The predicted molar refractivity (Wildman–Crippen MR) is 42.3 cm³/mol. The molecule has 0 aliphatic carbocycles. The van der Waals surface area contributed by atoms with Gasteiger partial charge in [-0.2, -0.15) is 4.39 Å². The van der Waals surface area contributed by atoms with Gasteiger partial charge in [0.05, 0.1) is 5.69 Å². The van der Waals surface area contributed by atoms with Crippen LogP contribution in [0.4, 0.5) is 4.39 Å². The molecule has 0 aromatic carbocycles. The first-order chi connectivity index (χ1) is 5.65. The van der Waals surface area contributed by atoms with Crippen molar-refractivity contribution in [2.75, 3.05) is 6.54 Å². The van der Waals surface area contributed by atoms with Gasteiger partial charge in [0.25, 0.3) is 5.56 Å². The Morgan fingerprint density at radius 1 is 1.67 bits per heavy atom. The highest BCUT2D eigenvalue weighted by atomic mass is 19.1. The van der Waals surface area contributed by atoms with Crippen LogP contribution in [0.1, 0.15) is 11.5 Å². The number of rotatable bonds is 2. The van der Waals surface area contributed by atoms with Crippen LogP contribution in [0.25, 0.3) is 0 Å². The summed E-state index contributed by atoms with van der Waals surface area (Å²) in [5, 5.41) is 0. The maximum Gasteiger partial charge on any atom is 0.287 e. The van der Waals surface area contributed by atoms with E-state index >= 15 is 0 Å². The van der Waals surface area contributed by atoms with Crippen molar-refractivity contribution in [3.8, 4) is 0 Å². The highest BCUT2D eigenvalue weighted by Gasteiger charge is 2.05. The van der Waals surface area contributed by atoms with E-state index in [0.717, 1.165) is 0 Å². The lowest BCUT2D eigenvalue weighted by Crippen LogP contribution is -2.19. The van der Waals surface area contributed by atoms with E-state index in [2.05, 4.69) is 9.97 Å². The molecule has 0 bridgehead atoms. The molecule has 0 aliphatic rings. The average Bonchev–Trinajstić information content (AvgIpc) is 2.01. The molecule has 0 saturated heterocycles. The van der Waals surface area contributed by atoms with Gasteiger partial charge in [-0.25, -0.2) is 4.98 Å². The molecule has 0 fully saturated rings. The Kier molecular flexibility index (Phi) is 2.54. The standard InChI is InChI=1S/C7H10FN3O/c1-4-6(8)7(12)11-5(10-4)2-3-9/h2-3,9H2,1H3,(H,10,11,12). The van der Waals surface area contributed by atoms with Crippen LogP contribution in [0, 0.1) is 12.7 Å². The van der Waals surface area contributed by atoms with Gasteiger partial charge in [-0.3, -0.25) is 4.79 Å². The summed E-state index contributed by atoms with van der Waals surface area (Å²) in [5.74, 6) is -0.392. The summed E-state index contributed by atoms with van der Waals surface area (Å²) in [4.78, 5) is 16.9. The first kappa shape index (κ1) is 8.86. The molecule has 1 rings (SSSR count). The summed E-state index contributed by atoms with van der Waals surface area (Å²) in [6.07, 6.45) is 0.455. The van der Waals surface area contributed by atoms with E-state index in [0.29, 0.717) is 18.8 Å². The quantitative estimate of drug-likeness (QED) is 0.642. The fourth-order valence-electron chi connectivity index (χ4n) is 0.885. The van der Waals surface area contributed by atoms with Crippen LogP contribution in [0.15, 0.2) is 4.79 Å². The van der Waals surface area contributed by atoms with Crippen LogP contribution in [-0.2, 0) is 6.42 Å². The van der Waals surface area contributed by atoms with Crippen LogP contribution in [0.3, 0.4) is 0 Å². The molecule has 1 heterocycles. The van der Waals surface area contributed by atoms with E-state index in [9.17, 15) is 9.18 Å². The fraction of sp³-hybridized carbons (Fsp3) is 0.429. The molecule has 5 heteroatoms. The van der Waals surface area contributed by atoms with E-state index in [4.69, 9.17) is 5.73 Å². The molecule has 1 aromatic heterocycles. The number of hydrogen-bond acceptors (Lipinski definition) is 3. The molecule has 12 heavy (non-hydrogen) atoms. The Labute approximate surface area is 68.6 Å². The van der Waals surface area contributed by atoms with Gasteiger partial charge in [-0.05, 0) is 13.5 Å². The summed E-state index contributed by atoms with van der Waals surface area (Å²) in [7, 11) is 0. The Bertz CT molecular complexity index is 334. The molecule has 0 radical (unpaired) electrons. The lowest BCUT2D eigenvalue weighted by molar-refractivity contribution is 0.581. The van der Waals surface area contributed by atoms with Gasteiger partial charge in [-0.15, -0.1) is 0 Å². The van der Waals surface area contributed by atoms with Crippen LogP contribution in [-0.4, -0.2) is 16.5 Å². The number of aromatic nitrogens is 2. The van der Waals surface area contributed by atoms with Crippen molar-refractivity contribution in [2.45, 2.75) is 13.3 Å². The molecule has 1 aromatic rings. The van der Waals surface area contributed by atoms with Gasteiger partial charge in [0, 0.05) is 6.42 Å². The molecule has 0 unspecified atom stereocenters. The molecular formula is C7H10FN3O. The van der Waals surface area contributed by atoms with Crippen molar-refractivity contribution in [3.63, 3.8) is 0 Å². The van der Waals surface area contributed by atoms with Crippen molar-refractivity contribution in [1.82, 2.24) is 9.97 Å². The molecule has 0 saturated carbocycles. The summed E-state index contributed by atoms with van der Waals surface area (Å²) < 4.78 is 12.7. The number of aromatic amines is 1. The monoisotopic (exact) mass is 171 g/mol. The summed E-state index contributed by atoms with van der Waals surface area (Å²) >= 11 is 0. The first-order valence-electron chi connectivity index (χ1n) is 3.60. The maximum absolute atomic E-state index is 12.7. The van der Waals surface area contributed by atoms with Gasteiger partial charge in [0.1, 0.15) is 5.82 Å². The first-order valence-corrected chi connectivity index (χ1v) is 3.60. The highest BCUT2D eigenvalue weighted by molar-refractivity contribution is 5.03. The van der Waals surface area contributed by atoms with Crippen molar-refractivity contribution in [2.24, 2.45) is 5.73 Å². The third-order valence-corrected chi connectivity index (χ3v) is 1.46. The maximum atomic E-state index is 12.7. The molecule has 4 nitrogen and oxygen atoms in total. The van der Waals surface area contributed by atoms with Gasteiger partial charge in [-0.1, -0.05) is 0 Å². The molecule has 66 valence electrons. The Morgan fingerprint density at radius 2 is 2.33 bits per heavy atom. The minimum Gasteiger partial charge on any atom is -0.330 e. The van der Waals surface area contributed by atoms with Gasteiger partial charge in [0.2, 0.25) is 5.82 Å². The van der Waals surface area contributed by atoms with E-state index in [1.807, 2.05) is 0 Å². The number of H-pyrrole nitrogens is 1. The van der Waals surface area contributed by atoms with E-state index < -0.39 is 11.4 Å². The van der Waals surface area contributed by atoms with Crippen LogP contribution < -0.4 is 11.3 Å². The molecular weight excluding hydrogens is 161 g/mol.